The average Bonchev–Trinajstić information content (AvgIpc) is 3.00. The molecular weight excluding hydrogens is 186 g/mol. The molecule has 15 heavy (non-hydrogen) atoms. The lowest BCUT2D eigenvalue weighted by Crippen LogP contribution is -2.52. The van der Waals surface area contributed by atoms with Crippen molar-refractivity contribution in [2.24, 2.45) is 0 Å². The van der Waals surface area contributed by atoms with Crippen LogP contribution < -0.4 is 5.32 Å². The molecule has 2 atom stereocenters. The van der Waals surface area contributed by atoms with Crippen LogP contribution in [0.3, 0.4) is 0 Å². The van der Waals surface area contributed by atoms with E-state index in [1.165, 1.54) is 12.8 Å². The second kappa shape index (κ2) is 4.96. The van der Waals surface area contributed by atoms with Crippen LogP contribution in [-0.2, 0) is 0 Å². The minimum atomic E-state index is -0.390. The second-order valence-corrected chi connectivity index (χ2v) is 5.03. The lowest BCUT2D eigenvalue weighted by molar-refractivity contribution is 0.203. The Morgan fingerprint density at radius 1 is 1.60 bits per heavy atom. The number of likely N-dealkylation sites (N-methyl/N-ethyl adjacent to an activating group) is 1. The molecule has 0 heterocycles. The predicted octanol–water partition coefficient (Wildman–Crippen LogP) is 1.75. The lowest BCUT2D eigenvalue weighted by Gasteiger charge is -2.32. The summed E-state index contributed by atoms with van der Waals surface area (Å²) in [5, 5.41) is 12.7. The van der Waals surface area contributed by atoms with Crippen molar-refractivity contribution in [1.29, 1.82) is 5.26 Å². The molecule has 0 aromatic heterocycles. The summed E-state index contributed by atoms with van der Waals surface area (Å²) in [6.45, 7) is 7.19. The van der Waals surface area contributed by atoms with E-state index < -0.39 is 0 Å². The molecule has 3 heteroatoms. The van der Waals surface area contributed by atoms with Gasteiger partial charge in [-0.25, -0.2) is 0 Å². The van der Waals surface area contributed by atoms with Gasteiger partial charge in [0.2, 0.25) is 0 Å². The number of hydrogen-bond donors (Lipinski definition) is 1. The SMILES string of the molecule is CCC(C)N(C)CC(C)(C#N)NC1CC1. The van der Waals surface area contributed by atoms with E-state index in [1.807, 2.05) is 6.92 Å². The van der Waals surface area contributed by atoms with Gasteiger partial charge in [0, 0.05) is 18.6 Å². The third-order valence-electron chi connectivity index (χ3n) is 3.26. The zero-order valence-electron chi connectivity index (χ0n) is 10.4. The summed E-state index contributed by atoms with van der Waals surface area (Å²) in [7, 11) is 2.10. The van der Waals surface area contributed by atoms with Crippen LogP contribution in [0.1, 0.15) is 40.0 Å². The molecule has 1 aliphatic rings. The topological polar surface area (TPSA) is 39.1 Å². The second-order valence-electron chi connectivity index (χ2n) is 5.03. The zero-order chi connectivity index (χ0) is 11.5. The van der Waals surface area contributed by atoms with E-state index in [0.29, 0.717) is 12.1 Å². The molecule has 1 saturated carbocycles. The Hall–Kier alpha value is -0.590. The van der Waals surface area contributed by atoms with Crippen LogP contribution in [0, 0.1) is 11.3 Å². The van der Waals surface area contributed by atoms with Crippen molar-refractivity contribution >= 4 is 0 Å². The summed E-state index contributed by atoms with van der Waals surface area (Å²) < 4.78 is 0. The third kappa shape index (κ3) is 3.81. The monoisotopic (exact) mass is 209 g/mol. The summed E-state index contributed by atoms with van der Waals surface area (Å²) in [5.41, 5.74) is -0.390. The molecule has 2 unspecified atom stereocenters. The smallest absolute Gasteiger partial charge is 0.116 e. The van der Waals surface area contributed by atoms with Gasteiger partial charge in [-0.3, -0.25) is 5.32 Å². The van der Waals surface area contributed by atoms with Gasteiger partial charge < -0.3 is 4.90 Å². The van der Waals surface area contributed by atoms with E-state index in [2.05, 4.69) is 37.2 Å². The van der Waals surface area contributed by atoms with E-state index in [4.69, 9.17) is 0 Å². The van der Waals surface area contributed by atoms with Crippen LogP contribution >= 0.6 is 0 Å². The van der Waals surface area contributed by atoms with Crippen molar-refractivity contribution in [1.82, 2.24) is 10.2 Å². The normalized spacial score (nSPS) is 22.1. The molecule has 0 aromatic carbocycles. The van der Waals surface area contributed by atoms with Gasteiger partial charge in [0.05, 0.1) is 6.07 Å². The number of rotatable bonds is 6. The number of nitriles is 1. The maximum atomic E-state index is 9.23. The zero-order valence-corrected chi connectivity index (χ0v) is 10.4. The number of nitrogens with zero attached hydrogens (tertiary/aromatic N) is 2. The Balaban J connectivity index is 2.47. The molecular formula is C12H23N3. The number of hydrogen-bond acceptors (Lipinski definition) is 3. The summed E-state index contributed by atoms with van der Waals surface area (Å²) in [5.74, 6) is 0. The van der Waals surface area contributed by atoms with Gasteiger partial charge in [-0.05, 0) is 40.2 Å². The molecule has 1 N–H and O–H groups in total. The molecule has 0 saturated heterocycles. The Morgan fingerprint density at radius 2 is 2.20 bits per heavy atom. The molecule has 0 amide bonds. The average molecular weight is 209 g/mol. The first-order valence-corrected chi connectivity index (χ1v) is 5.90. The fourth-order valence-corrected chi connectivity index (χ4v) is 1.76. The Labute approximate surface area is 93.5 Å². The molecule has 1 aliphatic carbocycles. The third-order valence-corrected chi connectivity index (χ3v) is 3.26. The van der Waals surface area contributed by atoms with Gasteiger partial charge >= 0.3 is 0 Å². The summed E-state index contributed by atoms with van der Waals surface area (Å²) >= 11 is 0. The highest BCUT2D eigenvalue weighted by Gasteiger charge is 2.33. The Morgan fingerprint density at radius 3 is 2.60 bits per heavy atom. The summed E-state index contributed by atoms with van der Waals surface area (Å²) in [6, 6.07) is 3.53. The van der Waals surface area contributed by atoms with Gasteiger partial charge in [-0.2, -0.15) is 5.26 Å². The Bertz CT molecular complexity index is 242. The fraction of sp³-hybridized carbons (Fsp3) is 0.917. The van der Waals surface area contributed by atoms with Gasteiger partial charge in [0.1, 0.15) is 5.54 Å². The standard InChI is InChI=1S/C12H23N3/c1-5-10(2)15(4)9-12(3,8-13)14-11-6-7-11/h10-11,14H,5-7,9H2,1-4H3. The molecule has 1 rings (SSSR count). The summed E-state index contributed by atoms with van der Waals surface area (Å²) in [4.78, 5) is 2.26. The minimum Gasteiger partial charge on any atom is -0.301 e. The van der Waals surface area contributed by atoms with Crippen LogP contribution in [0.25, 0.3) is 0 Å². The maximum Gasteiger partial charge on any atom is 0.116 e. The van der Waals surface area contributed by atoms with Crippen molar-refractivity contribution < 1.29 is 0 Å². The first-order valence-electron chi connectivity index (χ1n) is 5.90. The van der Waals surface area contributed by atoms with E-state index in [1.54, 1.807) is 0 Å². The van der Waals surface area contributed by atoms with Crippen LogP contribution in [0.2, 0.25) is 0 Å². The van der Waals surface area contributed by atoms with Crippen molar-refractivity contribution in [3.05, 3.63) is 0 Å². The van der Waals surface area contributed by atoms with E-state index in [-0.39, 0.29) is 5.54 Å². The fourth-order valence-electron chi connectivity index (χ4n) is 1.76. The highest BCUT2D eigenvalue weighted by atomic mass is 15.2. The molecule has 0 radical (unpaired) electrons. The number of nitrogens with one attached hydrogen (secondary N) is 1. The van der Waals surface area contributed by atoms with Crippen LogP contribution in [-0.4, -0.2) is 36.1 Å². The highest BCUT2D eigenvalue weighted by Crippen LogP contribution is 2.23. The predicted molar refractivity (Wildman–Crippen MR) is 62.6 cm³/mol. The Kier molecular flexibility index (Phi) is 4.12. The maximum absolute atomic E-state index is 9.23. The molecule has 3 nitrogen and oxygen atoms in total. The first-order chi connectivity index (χ1) is 7.00. The molecule has 86 valence electrons. The van der Waals surface area contributed by atoms with E-state index in [9.17, 15) is 5.26 Å². The van der Waals surface area contributed by atoms with Crippen molar-refractivity contribution in [2.75, 3.05) is 13.6 Å². The first kappa shape index (κ1) is 12.5. The lowest BCUT2D eigenvalue weighted by atomic mass is 10.0. The molecule has 1 fully saturated rings. The molecule has 0 aromatic rings. The van der Waals surface area contributed by atoms with Crippen LogP contribution in [0.15, 0.2) is 0 Å². The highest BCUT2D eigenvalue weighted by molar-refractivity contribution is 5.08. The summed E-state index contributed by atoms with van der Waals surface area (Å²) in [6.07, 6.45) is 3.58. The van der Waals surface area contributed by atoms with Crippen molar-refractivity contribution in [3.8, 4) is 6.07 Å². The van der Waals surface area contributed by atoms with Gasteiger partial charge in [-0.1, -0.05) is 6.92 Å². The van der Waals surface area contributed by atoms with Gasteiger partial charge in [-0.15, -0.1) is 0 Å². The van der Waals surface area contributed by atoms with Crippen molar-refractivity contribution in [3.63, 3.8) is 0 Å². The quantitative estimate of drug-likeness (QED) is 0.724. The van der Waals surface area contributed by atoms with Crippen molar-refractivity contribution in [2.45, 2.75) is 57.7 Å². The van der Waals surface area contributed by atoms with Gasteiger partial charge in [0.15, 0.2) is 0 Å². The van der Waals surface area contributed by atoms with Gasteiger partial charge in [0.25, 0.3) is 0 Å². The van der Waals surface area contributed by atoms with Crippen LogP contribution in [0.4, 0.5) is 0 Å². The largest absolute Gasteiger partial charge is 0.301 e. The molecule has 0 aliphatic heterocycles. The molecule has 0 spiro atoms. The van der Waals surface area contributed by atoms with Crippen LogP contribution in [0.5, 0.6) is 0 Å². The van der Waals surface area contributed by atoms with E-state index in [0.717, 1.165) is 13.0 Å². The minimum absolute atomic E-state index is 0.390. The molecule has 0 bridgehead atoms. The van der Waals surface area contributed by atoms with E-state index >= 15 is 0 Å².